The molecule has 2 aliphatic heterocycles. The number of hydrogen-bond donors (Lipinski definition) is 0. The van der Waals surface area contributed by atoms with Crippen LogP contribution in [0, 0.1) is 5.41 Å². The smallest absolute Gasteiger partial charge is 0.172 e. The van der Waals surface area contributed by atoms with Crippen LogP contribution in [0.5, 0.6) is 0 Å². The molecule has 4 nitrogen and oxygen atoms in total. The van der Waals surface area contributed by atoms with Crippen molar-refractivity contribution in [1.29, 1.82) is 0 Å². The van der Waals surface area contributed by atoms with E-state index in [4.69, 9.17) is 9.47 Å². The Balaban J connectivity index is 2.19. The number of hydroxylamine groups is 2. The van der Waals surface area contributed by atoms with Gasteiger partial charge in [-0.3, -0.25) is 0 Å². The fraction of sp³-hybridized carbons (Fsp3) is 1.00. The fourth-order valence-electron chi connectivity index (χ4n) is 4.73. The molecular weight excluding hydrogens is 302 g/mol. The molecule has 1 radical (unpaired) electrons. The highest BCUT2D eigenvalue weighted by Gasteiger charge is 2.59. The molecule has 0 aromatic heterocycles. The van der Waals surface area contributed by atoms with E-state index in [1.54, 1.807) is 0 Å². The molecule has 2 saturated heterocycles. The summed E-state index contributed by atoms with van der Waals surface area (Å²) in [6.07, 6.45) is 7.69. The van der Waals surface area contributed by atoms with Gasteiger partial charge in [-0.15, -0.1) is 10.3 Å². The lowest BCUT2D eigenvalue weighted by Gasteiger charge is -2.59. The maximum atomic E-state index is 13.0. The zero-order chi connectivity index (χ0) is 18.1. The summed E-state index contributed by atoms with van der Waals surface area (Å²) in [6, 6.07) is 0. The Morgan fingerprint density at radius 3 is 1.96 bits per heavy atom. The van der Waals surface area contributed by atoms with E-state index in [1.807, 2.05) is 13.8 Å². The van der Waals surface area contributed by atoms with Gasteiger partial charge in [0.25, 0.3) is 0 Å². The minimum Gasteiger partial charge on any atom is -0.349 e. The highest BCUT2D eigenvalue weighted by Crippen LogP contribution is 2.51. The lowest BCUT2D eigenvalue weighted by molar-refractivity contribution is -0.392. The molecule has 0 aliphatic carbocycles. The Labute approximate surface area is 148 Å². The first-order valence-corrected chi connectivity index (χ1v) is 9.98. The first-order valence-electron chi connectivity index (χ1n) is 9.98. The van der Waals surface area contributed by atoms with Gasteiger partial charge < -0.3 is 9.47 Å². The molecule has 0 atom stereocenters. The SMILES string of the molecule is CCCCC1(CC)COC2(CC(C)(C)N([O])C(CC)(CC)C2)OC1. The molecule has 0 N–H and O–H groups in total. The van der Waals surface area contributed by atoms with Gasteiger partial charge in [-0.05, 0) is 39.5 Å². The third kappa shape index (κ3) is 3.53. The molecule has 2 heterocycles. The Morgan fingerprint density at radius 2 is 1.50 bits per heavy atom. The standard InChI is InChI=1S/C20H38NO3/c1-7-11-12-18(8-2)15-23-20(24-16-18)13-17(5,6)21(22)19(9-3,10-4)14-20/h7-16H2,1-6H3. The van der Waals surface area contributed by atoms with Gasteiger partial charge in [-0.1, -0.05) is 40.5 Å². The zero-order valence-corrected chi connectivity index (χ0v) is 16.7. The molecule has 0 aromatic rings. The lowest BCUT2D eigenvalue weighted by atomic mass is 9.72. The maximum Gasteiger partial charge on any atom is 0.172 e. The summed E-state index contributed by atoms with van der Waals surface area (Å²) in [4.78, 5) is 0. The van der Waals surface area contributed by atoms with Crippen molar-refractivity contribution in [2.45, 2.75) is 110 Å². The third-order valence-corrected chi connectivity index (χ3v) is 6.69. The van der Waals surface area contributed by atoms with Gasteiger partial charge in [0.15, 0.2) is 5.79 Å². The van der Waals surface area contributed by atoms with Crippen LogP contribution >= 0.6 is 0 Å². The van der Waals surface area contributed by atoms with Crippen LogP contribution in [0.1, 0.15) is 92.9 Å². The van der Waals surface area contributed by atoms with Gasteiger partial charge in [0, 0.05) is 23.8 Å². The lowest BCUT2D eigenvalue weighted by Crippen LogP contribution is -2.68. The number of unbranched alkanes of at least 4 members (excludes halogenated alkanes) is 1. The Hall–Kier alpha value is -0.160. The molecular formula is C20H38NO3. The molecule has 4 heteroatoms. The molecule has 0 bridgehead atoms. The monoisotopic (exact) mass is 340 g/mol. The number of nitrogens with zero attached hydrogens (tertiary/aromatic N) is 1. The van der Waals surface area contributed by atoms with Crippen molar-refractivity contribution in [2.24, 2.45) is 5.41 Å². The third-order valence-electron chi connectivity index (χ3n) is 6.69. The molecule has 0 aromatic carbocycles. The Bertz CT molecular complexity index is 409. The van der Waals surface area contributed by atoms with Crippen LogP contribution in [-0.2, 0) is 14.7 Å². The highest BCUT2D eigenvalue weighted by atomic mass is 16.7. The minimum atomic E-state index is -0.582. The molecule has 2 rings (SSSR count). The summed E-state index contributed by atoms with van der Waals surface area (Å²) in [6.45, 7) is 14.3. The fourth-order valence-corrected chi connectivity index (χ4v) is 4.73. The minimum absolute atomic E-state index is 0.154. The topological polar surface area (TPSA) is 41.6 Å². The highest BCUT2D eigenvalue weighted by molar-refractivity contribution is 5.05. The Kier molecular flexibility index (Phi) is 6.06. The normalized spacial score (nSPS) is 36.1. The van der Waals surface area contributed by atoms with Crippen molar-refractivity contribution in [3.8, 4) is 0 Å². The molecule has 0 amide bonds. The first kappa shape index (κ1) is 20.2. The van der Waals surface area contributed by atoms with Crippen molar-refractivity contribution >= 4 is 0 Å². The van der Waals surface area contributed by atoms with E-state index in [0.29, 0.717) is 12.8 Å². The average molecular weight is 341 g/mol. The summed E-state index contributed by atoms with van der Waals surface area (Å²) in [5, 5.41) is 14.3. The molecule has 2 aliphatic rings. The summed E-state index contributed by atoms with van der Waals surface area (Å²) in [5.41, 5.74) is -0.682. The van der Waals surface area contributed by atoms with Gasteiger partial charge in [-0.25, -0.2) is 0 Å². The van der Waals surface area contributed by atoms with Crippen LogP contribution < -0.4 is 0 Å². The van der Waals surface area contributed by atoms with Crippen LogP contribution in [0.25, 0.3) is 0 Å². The molecule has 141 valence electrons. The van der Waals surface area contributed by atoms with Crippen LogP contribution in [0.4, 0.5) is 0 Å². The van der Waals surface area contributed by atoms with E-state index in [-0.39, 0.29) is 11.0 Å². The second-order valence-electron chi connectivity index (χ2n) is 8.84. The predicted octanol–water partition coefficient (Wildman–Crippen LogP) is 5.09. The molecule has 0 saturated carbocycles. The number of hydrogen-bond acceptors (Lipinski definition) is 3. The van der Waals surface area contributed by atoms with Crippen molar-refractivity contribution in [2.75, 3.05) is 13.2 Å². The van der Waals surface area contributed by atoms with E-state index in [2.05, 4.69) is 27.7 Å². The molecule has 0 unspecified atom stereocenters. The zero-order valence-electron chi connectivity index (χ0n) is 16.7. The van der Waals surface area contributed by atoms with Gasteiger partial charge in [0.2, 0.25) is 0 Å². The number of rotatable bonds is 6. The summed E-state index contributed by atoms with van der Waals surface area (Å²) in [7, 11) is 0. The van der Waals surface area contributed by atoms with Gasteiger partial charge in [0.05, 0.1) is 18.8 Å². The quantitative estimate of drug-likeness (QED) is 0.676. The van der Waals surface area contributed by atoms with E-state index < -0.39 is 11.3 Å². The van der Waals surface area contributed by atoms with Crippen molar-refractivity contribution in [3.63, 3.8) is 0 Å². The van der Waals surface area contributed by atoms with E-state index >= 15 is 0 Å². The molecule has 2 fully saturated rings. The number of ether oxygens (including phenoxy) is 2. The molecule has 24 heavy (non-hydrogen) atoms. The van der Waals surface area contributed by atoms with Crippen LogP contribution in [0.3, 0.4) is 0 Å². The van der Waals surface area contributed by atoms with Crippen molar-refractivity contribution < 1.29 is 14.7 Å². The van der Waals surface area contributed by atoms with Crippen LogP contribution in [0.2, 0.25) is 0 Å². The second-order valence-corrected chi connectivity index (χ2v) is 8.84. The number of piperidine rings is 1. The van der Waals surface area contributed by atoms with E-state index in [0.717, 1.165) is 32.5 Å². The van der Waals surface area contributed by atoms with Crippen LogP contribution in [0.15, 0.2) is 0 Å². The summed E-state index contributed by atoms with van der Waals surface area (Å²) < 4.78 is 12.9. The van der Waals surface area contributed by atoms with Gasteiger partial charge >= 0.3 is 0 Å². The van der Waals surface area contributed by atoms with Crippen molar-refractivity contribution in [3.05, 3.63) is 0 Å². The van der Waals surface area contributed by atoms with E-state index in [9.17, 15) is 5.21 Å². The molecule has 1 spiro atoms. The summed E-state index contributed by atoms with van der Waals surface area (Å²) >= 11 is 0. The van der Waals surface area contributed by atoms with Gasteiger partial charge in [0.1, 0.15) is 0 Å². The van der Waals surface area contributed by atoms with E-state index in [1.165, 1.54) is 24.3 Å². The summed E-state index contributed by atoms with van der Waals surface area (Å²) in [5.74, 6) is -0.582. The largest absolute Gasteiger partial charge is 0.349 e. The van der Waals surface area contributed by atoms with Crippen LogP contribution in [-0.4, -0.2) is 35.1 Å². The predicted molar refractivity (Wildman–Crippen MR) is 96.0 cm³/mol. The Morgan fingerprint density at radius 1 is 0.917 bits per heavy atom. The second kappa shape index (κ2) is 7.22. The average Bonchev–Trinajstić information content (AvgIpc) is 2.58. The van der Waals surface area contributed by atoms with Gasteiger partial charge in [-0.2, -0.15) is 0 Å². The first-order chi connectivity index (χ1) is 11.2. The van der Waals surface area contributed by atoms with Crippen molar-refractivity contribution in [1.82, 2.24) is 5.06 Å². The maximum absolute atomic E-state index is 13.0.